The van der Waals surface area contributed by atoms with Gasteiger partial charge in [-0.2, -0.15) is 10.4 Å². The maximum atomic E-state index is 12.8. The number of hydrogen-bond donors (Lipinski definition) is 1. The number of anilines is 1. The molecule has 0 saturated carbocycles. The Hall–Kier alpha value is -3.57. The minimum absolute atomic E-state index is 0.105. The SMILES string of the molecule is CC.Cc1c(C(=O)N2CC(C#N)C2)cn2nccc(Oc3ccc(NC=O)cc3Cl)c12. The van der Waals surface area contributed by atoms with E-state index in [-0.39, 0.29) is 11.8 Å². The first kappa shape index (κ1) is 22.1. The summed E-state index contributed by atoms with van der Waals surface area (Å²) in [5.41, 5.74) is 2.45. The van der Waals surface area contributed by atoms with Gasteiger partial charge in [-0.3, -0.25) is 9.59 Å². The lowest BCUT2D eigenvalue weighted by Crippen LogP contribution is -2.49. The second-order valence-corrected chi connectivity index (χ2v) is 7.11. The summed E-state index contributed by atoms with van der Waals surface area (Å²) < 4.78 is 7.58. The van der Waals surface area contributed by atoms with Gasteiger partial charge in [-0.1, -0.05) is 25.4 Å². The molecule has 0 radical (unpaired) electrons. The summed E-state index contributed by atoms with van der Waals surface area (Å²) in [7, 11) is 0. The molecule has 1 aliphatic rings. The molecule has 0 bridgehead atoms. The predicted octanol–water partition coefficient (Wildman–Crippen LogP) is 4.28. The fraction of sp³-hybridized carbons (Fsp3) is 0.273. The summed E-state index contributed by atoms with van der Waals surface area (Å²) in [6.07, 6.45) is 3.80. The van der Waals surface area contributed by atoms with Crippen LogP contribution in [-0.4, -0.2) is 39.9 Å². The van der Waals surface area contributed by atoms with Crippen LogP contribution >= 0.6 is 11.6 Å². The number of hydrogen-bond acceptors (Lipinski definition) is 5. The van der Waals surface area contributed by atoms with Crippen LogP contribution in [0, 0.1) is 24.2 Å². The number of halogens is 1. The van der Waals surface area contributed by atoms with Crippen LogP contribution in [0.1, 0.15) is 29.8 Å². The highest BCUT2D eigenvalue weighted by molar-refractivity contribution is 6.32. The highest BCUT2D eigenvalue weighted by Crippen LogP contribution is 2.35. The molecule has 1 saturated heterocycles. The Labute approximate surface area is 185 Å². The number of fused-ring (bicyclic) bond motifs is 1. The molecular weight excluding hydrogens is 418 g/mol. The van der Waals surface area contributed by atoms with Crippen LogP contribution in [-0.2, 0) is 4.79 Å². The number of nitrogens with zero attached hydrogens (tertiary/aromatic N) is 4. The monoisotopic (exact) mass is 439 g/mol. The van der Waals surface area contributed by atoms with Gasteiger partial charge in [0.05, 0.1) is 28.8 Å². The van der Waals surface area contributed by atoms with Crippen LogP contribution < -0.4 is 10.1 Å². The highest BCUT2D eigenvalue weighted by atomic mass is 35.5. The summed E-state index contributed by atoms with van der Waals surface area (Å²) in [5.74, 6) is 0.664. The Balaban J connectivity index is 0.00000132. The van der Waals surface area contributed by atoms with Gasteiger partial charge in [0.1, 0.15) is 11.3 Å². The molecule has 2 amide bonds. The molecule has 4 rings (SSSR count). The fourth-order valence-electron chi connectivity index (χ4n) is 3.28. The van der Waals surface area contributed by atoms with Crippen molar-refractivity contribution in [2.75, 3.05) is 18.4 Å². The maximum absolute atomic E-state index is 12.8. The summed E-state index contributed by atoms with van der Waals surface area (Å²) in [6, 6.07) is 8.76. The standard InChI is InChI=1S/C20H16ClN5O3.C2H6/c1-12-15(20(28)25-8-13(7-22)9-25)10-26-19(12)18(4-5-24-26)29-17-3-2-14(23-11-27)6-16(17)21;1-2/h2-6,10-11,13H,8-9H2,1H3,(H,23,27);1-2H3. The van der Waals surface area contributed by atoms with E-state index in [1.165, 1.54) is 0 Å². The van der Waals surface area contributed by atoms with Gasteiger partial charge in [-0.05, 0) is 30.7 Å². The summed E-state index contributed by atoms with van der Waals surface area (Å²) in [4.78, 5) is 25.0. The smallest absolute Gasteiger partial charge is 0.255 e. The van der Waals surface area contributed by atoms with Gasteiger partial charge in [0.25, 0.3) is 5.91 Å². The summed E-state index contributed by atoms with van der Waals surface area (Å²) in [5, 5.41) is 16.0. The van der Waals surface area contributed by atoms with Crippen LogP contribution in [0.2, 0.25) is 5.02 Å². The second kappa shape index (κ2) is 9.49. The summed E-state index contributed by atoms with van der Waals surface area (Å²) in [6.45, 7) is 6.71. The zero-order chi connectivity index (χ0) is 22.5. The van der Waals surface area contributed by atoms with Crippen molar-refractivity contribution in [3.63, 3.8) is 0 Å². The Morgan fingerprint density at radius 2 is 2.06 bits per heavy atom. The van der Waals surface area contributed by atoms with E-state index in [9.17, 15) is 9.59 Å². The molecule has 160 valence electrons. The Morgan fingerprint density at radius 1 is 1.32 bits per heavy atom. The molecular formula is C22H22ClN5O3. The predicted molar refractivity (Wildman–Crippen MR) is 117 cm³/mol. The number of amides is 2. The zero-order valence-corrected chi connectivity index (χ0v) is 18.2. The number of aromatic nitrogens is 2. The number of aryl methyl sites for hydroxylation is 1. The van der Waals surface area contributed by atoms with Crippen molar-refractivity contribution in [1.29, 1.82) is 5.26 Å². The molecule has 3 aromatic rings. The molecule has 8 nitrogen and oxygen atoms in total. The summed E-state index contributed by atoms with van der Waals surface area (Å²) >= 11 is 6.27. The third-order valence-electron chi connectivity index (χ3n) is 4.85. The quantitative estimate of drug-likeness (QED) is 0.598. The molecule has 1 aliphatic heterocycles. The Bertz CT molecular complexity index is 1160. The van der Waals surface area contributed by atoms with Crippen molar-refractivity contribution < 1.29 is 14.3 Å². The highest BCUT2D eigenvalue weighted by Gasteiger charge is 2.33. The van der Waals surface area contributed by atoms with Crippen molar-refractivity contribution in [2.45, 2.75) is 20.8 Å². The maximum Gasteiger partial charge on any atom is 0.255 e. The van der Waals surface area contributed by atoms with Crippen molar-refractivity contribution >= 4 is 35.1 Å². The largest absolute Gasteiger partial charge is 0.453 e. The van der Waals surface area contributed by atoms with Crippen molar-refractivity contribution in [2.24, 2.45) is 5.92 Å². The lowest BCUT2D eigenvalue weighted by Gasteiger charge is -2.35. The van der Waals surface area contributed by atoms with Gasteiger partial charge < -0.3 is 15.0 Å². The first-order valence-corrected chi connectivity index (χ1v) is 10.2. The van der Waals surface area contributed by atoms with Gasteiger partial charge in [0, 0.05) is 31.0 Å². The third kappa shape index (κ3) is 4.32. The number of rotatable bonds is 5. The van der Waals surface area contributed by atoms with E-state index >= 15 is 0 Å². The van der Waals surface area contributed by atoms with E-state index in [1.807, 2.05) is 20.8 Å². The zero-order valence-electron chi connectivity index (χ0n) is 17.4. The van der Waals surface area contributed by atoms with Crippen molar-refractivity contribution in [3.8, 4) is 17.6 Å². The average molecular weight is 440 g/mol. The van der Waals surface area contributed by atoms with E-state index in [2.05, 4.69) is 16.5 Å². The van der Waals surface area contributed by atoms with E-state index < -0.39 is 0 Å². The second-order valence-electron chi connectivity index (χ2n) is 6.70. The topological polar surface area (TPSA) is 99.7 Å². The molecule has 1 aromatic carbocycles. The molecule has 0 aliphatic carbocycles. The Kier molecular flexibility index (Phi) is 6.78. The molecule has 3 heterocycles. The van der Waals surface area contributed by atoms with Gasteiger partial charge in [-0.25, -0.2) is 4.52 Å². The Morgan fingerprint density at radius 3 is 2.71 bits per heavy atom. The first-order chi connectivity index (χ1) is 15.0. The number of likely N-dealkylation sites (tertiary alicyclic amines) is 1. The number of nitriles is 1. The van der Waals surface area contributed by atoms with Crippen LogP contribution in [0.4, 0.5) is 5.69 Å². The first-order valence-electron chi connectivity index (χ1n) is 9.85. The number of nitrogens with one attached hydrogen (secondary N) is 1. The lowest BCUT2D eigenvalue weighted by molar-refractivity contribution is -0.105. The third-order valence-corrected chi connectivity index (χ3v) is 5.14. The molecule has 1 fully saturated rings. The van der Waals surface area contributed by atoms with Crippen molar-refractivity contribution in [3.05, 3.63) is 52.8 Å². The normalized spacial score (nSPS) is 12.9. The minimum Gasteiger partial charge on any atom is -0.453 e. The number of ether oxygens (including phenoxy) is 1. The molecule has 0 spiro atoms. The fourth-order valence-corrected chi connectivity index (χ4v) is 3.50. The molecule has 31 heavy (non-hydrogen) atoms. The molecule has 9 heteroatoms. The van der Waals surface area contributed by atoms with Gasteiger partial charge in [0.15, 0.2) is 5.75 Å². The van der Waals surface area contributed by atoms with E-state index in [0.29, 0.717) is 52.8 Å². The van der Waals surface area contributed by atoms with E-state index in [1.54, 1.807) is 46.1 Å². The van der Waals surface area contributed by atoms with Crippen LogP contribution in [0.3, 0.4) is 0 Å². The average Bonchev–Trinajstić information content (AvgIpc) is 3.08. The van der Waals surface area contributed by atoms with Crippen LogP contribution in [0.25, 0.3) is 5.52 Å². The number of carbonyl (C=O) groups excluding carboxylic acids is 2. The van der Waals surface area contributed by atoms with Gasteiger partial charge in [-0.15, -0.1) is 0 Å². The van der Waals surface area contributed by atoms with Crippen LogP contribution in [0.15, 0.2) is 36.7 Å². The molecule has 1 N–H and O–H groups in total. The minimum atomic E-state index is -0.132. The van der Waals surface area contributed by atoms with Gasteiger partial charge >= 0.3 is 0 Å². The molecule has 2 aromatic heterocycles. The molecule has 0 unspecified atom stereocenters. The van der Waals surface area contributed by atoms with E-state index in [4.69, 9.17) is 21.6 Å². The van der Waals surface area contributed by atoms with Gasteiger partial charge in [0.2, 0.25) is 6.41 Å². The molecule has 0 atom stereocenters. The number of carbonyl (C=O) groups is 2. The van der Waals surface area contributed by atoms with Crippen molar-refractivity contribution in [1.82, 2.24) is 14.5 Å². The number of benzene rings is 1. The van der Waals surface area contributed by atoms with E-state index in [0.717, 1.165) is 5.56 Å². The van der Waals surface area contributed by atoms with Crippen LogP contribution in [0.5, 0.6) is 11.5 Å². The lowest BCUT2D eigenvalue weighted by atomic mass is 10.0.